The van der Waals surface area contributed by atoms with Crippen molar-refractivity contribution in [3.05, 3.63) is 58.7 Å². The molecule has 8 N–H and O–H groups in total. The number of nitrogens with zero attached hydrogens (tertiary/aromatic N) is 1. The Kier molecular flexibility index (Phi) is 23.7. The molecule has 2 aromatic carbocycles. The van der Waals surface area contributed by atoms with Gasteiger partial charge in [0, 0.05) is 13.1 Å². The van der Waals surface area contributed by atoms with E-state index < -0.39 is 37.0 Å². The number of unbranched alkanes of at least 4 members (excludes halogenated alkanes) is 4. The van der Waals surface area contributed by atoms with Crippen LogP contribution < -0.4 is 15.2 Å². The summed E-state index contributed by atoms with van der Waals surface area (Å²) in [6, 6.07) is 11.7. The summed E-state index contributed by atoms with van der Waals surface area (Å²) in [4.78, 5) is 48.1. The molecule has 0 saturated heterocycles. The molecular weight excluding hydrogens is 901 g/mol. The van der Waals surface area contributed by atoms with Crippen LogP contribution in [0, 0.1) is 35.5 Å². The number of fused-ring (bicyclic) bond motifs is 4. The predicted octanol–water partition coefficient (Wildman–Crippen LogP) is 4.38. The number of hydrogen-bond donors (Lipinski definition) is 7. The van der Waals surface area contributed by atoms with Crippen molar-refractivity contribution >= 4 is 23.8 Å². The highest BCUT2D eigenvalue weighted by Gasteiger charge is 2.46. The fourth-order valence-corrected chi connectivity index (χ4v) is 11.5. The van der Waals surface area contributed by atoms with E-state index in [-0.39, 0.29) is 75.8 Å². The zero-order valence-electron chi connectivity index (χ0n) is 41.6. The average Bonchev–Trinajstić information content (AvgIpc) is 3.82. The maximum absolute atomic E-state index is 12.2. The molecule has 0 radical (unpaired) electrons. The molecule has 16 heteroatoms. The lowest BCUT2D eigenvalue weighted by atomic mass is 9.73. The number of benzene rings is 2. The molecule has 0 heterocycles. The van der Waals surface area contributed by atoms with Crippen LogP contribution in [0.1, 0.15) is 126 Å². The minimum absolute atomic E-state index is 0.0564. The number of ether oxygens (including phenoxy) is 4. The smallest absolute Gasteiger partial charge is 0.344 e. The molecule has 4 aliphatic carbocycles. The van der Waals surface area contributed by atoms with E-state index in [4.69, 9.17) is 34.9 Å². The molecule has 392 valence electrons. The molecule has 10 atom stereocenters. The molecule has 16 nitrogen and oxygen atoms in total. The van der Waals surface area contributed by atoms with Gasteiger partial charge in [0.15, 0.2) is 26.4 Å². The fraction of sp³-hybridized carbons (Fsp3) is 0.704. The number of aliphatic hydroxyl groups is 6. The van der Waals surface area contributed by atoms with Gasteiger partial charge in [0.05, 0.1) is 37.6 Å². The summed E-state index contributed by atoms with van der Waals surface area (Å²) in [5.74, 6) is 0.626. The normalized spacial score (nSPS) is 23.8. The molecule has 2 fully saturated rings. The Bertz CT molecular complexity index is 1940. The molecule has 4 unspecified atom stereocenters. The van der Waals surface area contributed by atoms with Crippen LogP contribution in [0.25, 0.3) is 0 Å². The fourth-order valence-electron chi connectivity index (χ4n) is 11.5. The number of carbonyl (C=O) groups is 4. The molecule has 2 aromatic rings. The summed E-state index contributed by atoms with van der Waals surface area (Å²) in [5.41, 5.74) is 9.49. The summed E-state index contributed by atoms with van der Waals surface area (Å²) >= 11 is 0. The van der Waals surface area contributed by atoms with Crippen LogP contribution in [-0.2, 0) is 54.3 Å². The van der Waals surface area contributed by atoms with E-state index in [1.165, 1.54) is 16.0 Å². The van der Waals surface area contributed by atoms with Crippen molar-refractivity contribution in [1.29, 1.82) is 0 Å². The van der Waals surface area contributed by atoms with Crippen molar-refractivity contribution in [2.24, 2.45) is 41.2 Å². The van der Waals surface area contributed by atoms with Gasteiger partial charge < -0.3 is 60.2 Å². The van der Waals surface area contributed by atoms with Crippen LogP contribution in [0.3, 0.4) is 0 Å². The van der Waals surface area contributed by atoms with Crippen LogP contribution in [0.5, 0.6) is 11.5 Å². The third-order valence-electron chi connectivity index (χ3n) is 15.2. The lowest BCUT2D eigenvalue weighted by Crippen LogP contribution is -2.39. The van der Waals surface area contributed by atoms with Crippen LogP contribution in [0.4, 0.5) is 0 Å². The molecule has 0 bridgehead atoms. The zero-order valence-corrected chi connectivity index (χ0v) is 41.6. The number of hydrogen-bond acceptors (Lipinski definition) is 14. The highest BCUT2D eigenvalue weighted by molar-refractivity contribution is 5.81. The first-order valence-corrected chi connectivity index (χ1v) is 26.0. The Morgan fingerprint density at radius 1 is 0.629 bits per heavy atom. The van der Waals surface area contributed by atoms with Gasteiger partial charge in [-0.1, -0.05) is 76.6 Å². The van der Waals surface area contributed by atoms with Gasteiger partial charge in [-0.2, -0.15) is 0 Å². The average molecular weight is 983 g/mol. The van der Waals surface area contributed by atoms with Crippen molar-refractivity contribution < 1.29 is 68.8 Å². The number of primary amides is 1. The third kappa shape index (κ3) is 16.9. The zero-order chi connectivity index (χ0) is 50.6. The van der Waals surface area contributed by atoms with E-state index in [0.717, 1.165) is 127 Å². The molecular formula is C54H82N2O14. The molecule has 70 heavy (non-hydrogen) atoms. The molecule has 2 saturated carbocycles. The summed E-state index contributed by atoms with van der Waals surface area (Å²) in [6.45, 7) is 2.39. The minimum Gasteiger partial charge on any atom is -0.482 e. The van der Waals surface area contributed by atoms with Gasteiger partial charge in [0.25, 0.3) is 11.8 Å². The van der Waals surface area contributed by atoms with E-state index in [0.29, 0.717) is 35.2 Å². The second-order valence-corrected chi connectivity index (χ2v) is 20.0. The Labute approximate surface area is 414 Å². The largest absolute Gasteiger partial charge is 0.482 e. The van der Waals surface area contributed by atoms with Crippen LogP contribution in [0.2, 0.25) is 0 Å². The van der Waals surface area contributed by atoms with Gasteiger partial charge in [-0.3, -0.25) is 9.59 Å². The van der Waals surface area contributed by atoms with Crippen molar-refractivity contribution in [3.8, 4) is 11.5 Å². The van der Waals surface area contributed by atoms with Crippen LogP contribution >= 0.6 is 0 Å². The molecule has 0 aliphatic heterocycles. The molecule has 2 amide bonds. The standard InChI is InChI=1S/C29H45NO8.C25H37NO6/c1-2-3-4-7-22(33)9-10-23-24-15-20-6-5-8-27(25(20)16-21(24)17-26(23)34)37-19-29(36)38-18-28(35)30(11-13-31)12-14-32;1-2-3-4-7-18(27)9-10-19-20-11-16-6-5-8-23(21(16)12-17(20)13-22(19)28)31-15-25(30)32-14-24(26)29/h5-6,8,21-24,26,31-34H,2-4,7,9-19H2,1H3;5-6,8,17-20,22,27-28H,2-4,7,9-15H2,1H3,(H2,26,29)/t21?,22-,23-,24?,26-;17?,18-,19-,20?,22-/m11/s1. The summed E-state index contributed by atoms with van der Waals surface area (Å²) in [6.07, 6.45) is 15.0. The van der Waals surface area contributed by atoms with Gasteiger partial charge in [-0.05, 0) is 147 Å². The Balaban J connectivity index is 0.000000265. The number of carbonyl (C=O) groups excluding carboxylic acids is 4. The van der Waals surface area contributed by atoms with Gasteiger partial charge in [-0.15, -0.1) is 0 Å². The van der Waals surface area contributed by atoms with Gasteiger partial charge in [-0.25, -0.2) is 9.59 Å². The first-order valence-electron chi connectivity index (χ1n) is 26.0. The van der Waals surface area contributed by atoms with Crippen LogP contribution in [0.15, 0.2) is 36.4 Å². The lowest BCUT2D eigenvalue weighted by Gasteiger charge is -2.32. The number of esters is 2. The monoisotopic (exact) mass is 983 g/mol. The number of aliphatic hydroxyl groups excluding tert-OH is 6. The maximum Gasteiger partial charge on any atom is 0.344 e. The predicted molar refractivity (Wildman–Crippen MR) is 262 cm³/mol. The number of nitrogens with two attached hydrogens (primary N) is 1. The van der Waals surface area contributed by atoms with Crippen molar-refractivity contribution in [3.63, 3.8) is 0 Å². The SMILES string of the molecule is CCCCC[C@@H](O)CC[C@@H]1C2Cc3cccc(OCC(=O)OCC(=O)N(CCO)CCO)c3CC2C[C@H]1O.CCCCC[C@@H](O)CC[C@@H]1C2Cc3cccc(OCC(=O)OCC(N)=O)c3CC2C[C@H]1O. The lowest BCUT2D eigenvalue weighted by molar-refractivity contribution is -0.154. The van der Waals surface area contributed by atoms with E-state index in [2.05, 4.69) is 26.0 Å². The van der Waals surface area contributed by atoms with Gasteiger partial charge in [0.1, 0.15) is 11.5 Å². The first kappa shape index (κ1) is 56.6. The summed E-state index contributed by atoms with van der Waals surface area (Å²) in [7, 11) is 0. The van der Waals surface area contributed by atoms with E-state index >= 15 is 0 Å². The third-order valence-corrected chi connectivity index (χ3v) is 15.2. The first-order chi connectivity index (χ1) is 33.8. The molecule has 4 aliphatic rings. The van der Waals surface area contributed by atoms with Crippen LogP contribution in [-0.4, -0.2) is 136 Å². The van der Waals surface area contributed by atoms with E-state index in [9.17, 15) is 39.6 Å². The van der Waals surface area contributed by atoms with E-state index in [1.807, 2.05) is 24.3 Å². The van der Waals surface area contributed by atoms with Gasteiger partial charge >= 0.3 is 11.9 Å². The number of rotatable bonds is 28. The van der Waals surface area contributed by atoms with Crippen molar-refractivity contribution in [2.75, 3.05) is 52.7 Å². The second-order valence-electron chi connectivity index (χ2n) is 20.0. The number of amides is 2. The molecule has 6 rings (SSSR count). The van der Waals surface area contributed by atoms with Gasteiger partial charge in [0.2, 0.25) is 0 Å². The summed E-state index contributed by atoms with van der Waals surface area (Å²) < 4.78 is 21.3. The minimum atomic E-state index is -0.704. The summed E-state index contributed by atoms with van der Waals surface area (Å²) in [5, 5.41) is 60.4. The van der Waals surface area contributed by atoms with Crippen molar-refractivity contribution in [1.82, 2.24) is 4.90 Å². The topological polar surface area (TPSA) is 256 Å². The molecule has 0 spiro atoms. The Morgan fingerprint density at radius 2 is 1.07 bits per heavy atom. The Hall–Kier alpha value is -4.32. The Morgan fingerprint density at radius 3 is 1.49 bits per heavy atom. The maximum atomic E-state index is 12.2. The van der Waals surface area contributed by atoms with Crippen molar-refractivity contribution in [2.45, 2.75) is 154 Å². The quantitative estimate of drug-likeness (QED) is 0.0462. The van der Waals surface area contributed by atoms with E-state index in [1.54, 1.807) is 0 Å². The second kappa shape index (κ2) is 29.3. The highest BCUT2D eigenvalue weighted by Crippen LogP contribution is 2.50. The molecule has 0 aromatic heterocycles. The highest BCUT2D eigenvalue weighted by atomic mass is 16.6.